The van der Waals surface area contributed by atoms with Crippen LogP contribution < -0.4 is 4.90 Å². The Morgan fingerprint density at radius 2 is 1.43 bits per heavy atom. The molecule has 1 saturated heterocycles. The minimum Gasteiger partial charge on any atom is -0.368 e. The average Bonchev–Trinajstić information content (AvgIpc) is 2.66. The molecule has 1 aliphatic heterocycles. The van der Waals surface area contributed by atoms with Gasteiger partial charge in [0.2, 0.25) is 9.84 Å². The fourth-order valence-electron chi connectivity index (χ4n) is 3.65. The van der Waals surface area contributed by atoms with E-state index in [0.29, 0.717) is 26.2 Å². The Morgan fingerprint density at radius 3 is 1.93 bits per heavy atom. The SMILES string of the molecule is CC(C)(C)N1CCN(c2cccc(S(=O)(=O)c3ccc(F)cc3)c2C(F)(F)F)CC1. The van der Waals surface area contributed by atoms with Gasteiger partial charge in [0.1, 0.15) is 5.82 Å². The van der Waals surface area contributed by atoms with Gasteiger partial charge in [0.25, 0.3) is 0 Å². The van der Waals surface area contributed by atoms with Crippen LogP contribution in [0.3, 0.4) is 0 Å². The molecule has 0 aliphatic carbocycles. The molecular weight excluding hydrogens is 420 g/mol. The van der Waals surface area contributed by atoms with Crippen LogP contribution in [0.1, 0.15) is 26.3 Å². The zero-order chi connectivity index (χ0) is 22.3. The number of hydrogen-bond donors (Lipinski definition) is 0. The van der Waals surface area contributed by atoms with Crippen LogP contribution in [-0.2, 0) is 16.0 Å². The first-order valence-corrected chi connectivity index (χ1v) is 11.0. The quantitative estimate of drug-likeness (QED) is 0.513. The predicted octanol–water partition coefficient (Wildman–Crippen LogP) is 4.60. The Bertz CT molecular complexity index is 1000. The van der Waals surface area contributed by atoms with E-state index in [1.807, 2.05) is 20.8 Å². The first-order chi connectivity index (χ1) is 13.8. The van der Waals surface area contributed by atoms with Crippen molar-refractivity contribution in [2.45, 2.75) is 42.3 Å². The molecule has 0 bridgehead atoms. The molecule has 1 fully saturated rings. The maximum absolute atomic E-state index is 14.1. The second kappa shape index (κ2) is 7.85. The molecule has 4 nitrogen and oxygen atoms in total. The number of hydrogen-bond acceptors (Lipinski definition) is 4. The van der Waals surface area contributed by atoms with Crippen molar-refractivity contribution in [2.24, 2.45) is 0 Å². The Morgan fingerprint density at radius 1 is 0.867 bits per heavy atom. The lowest BCUT2D eigenvalue weighted by molar-refractivity contribution is -0.139. The predicted molar refractivity (Wildman–Crippen MR) is 107 cm³/mol. The Labute approximate surface area is 174 Å². The molecule has 2 aromatic carbocycles. The minimum absolute atomic E-state index is 0.104. The third-order valence-corrected chi connectivity index (χ3v) is 7.08. The van der Waals surface area contributed by atoms with Gasteiger partial charge in [-0.15, -0.1) is 0 Å². The third kappa shape index (κ3) is 4.46. The number of alkyl halides is 3. The van der Waals surface area contributed by atoms with E-state index in [1.165, 1.54) is 12.1 Å². The van der Waals surface area contributed by atoms with Crippen LogP contribution in [0.25, 0.3) is 0 Å². The molecule has 0 radical (unpaired) electrons. The maximum Gasteiger partial charge on any atom is 0.419 e. The van der Waals surface area contributed by atoms with Crippen molar-refractivity contribution < 1.29 is 26.0 Å². The number of nitrogens with zero attached hydrogens (tertiary/aromatic N) is 2. The lowest BCUT2D eigenvalue weighted by Gasteiger charge is -2.43. The zero-order valence-corrected chi connectivity index (χ0v) is 17.8. The van der Waals surface area contributed by atoms with Crippen LogP contribution in [0.2, 0.25) is 0 Å². The molecule has 0 unspecified atom stereocenters. The second-order valence-corrected chi connectivity index (χ2v) is 10.2. The van der Waals surface area contributed by atoms with Crippen LogP contribution in [0, 0.1) is 5.82 Å². The zero-order valence-electron chi connectivity index (χ0n) is 17.0. The molecule has 164 valence electrons. The molecule has 9 heteroatoms. The summed E-state index contributed by atoms with van der Waals surface area (Å²) in [5.41, 5.74) is -1.44. The molecule has 30 heavy (non-hydrogen) atoms. The van der Waals surface area contributed by atoms with Crippen molar-refractivity contribution in [3.05, 3.63) is 53.8 Å². The maximum atomic E-state index is 14.1. The molecule has 0 atom stereocenters. The van der Waals surface area contributed by atoms with Gasteiger partial charge in [0.15, 0.2) is 0 Å². The van der Waals surface area contributed by atoms with Gasteiger partial charge in [-0.2, -0.15) is 13.2 Å². The number of anilines is 1. The lowest BCUT2D eigenvalue weighted by Crippen LogP contribution is -2.53. The first kappa shape index (κ1) is 22.6. The summed E-state index contributed by atoms with van der Waals surface area (Å²) in [7, 11) is -4.49. The van der Waals surface area contributed by atoms with Gasteiger partial charge in [0.05, 0.1) is 21.0 Å². The molecule has 0 aromatic heterocycles. The second-order valence-electron chi connectivity index (χ2n) is 8.25. The summed E-state index contributed by atoms with van der Waals surface area (Å²) < 4.78 is 81.4. The Hall–Kier alpha value is -2.13. The van der Waals surface area contributed by atoms with Gasteiger partial charge in [-0.3, -0.25) is 4.90 Å². The summed E-state index contributed by atoms with van der Waals surface area (Å²) in [4.78, 5) is 2.55. The summed E-state index contributed by atoms with van der Waals surface area (Å²) in [5, 5.41) is 0. The Kier molecular flexibility index (Phi) is 5.90. The molecule has 2 aromatic rings. The summed E-state index contributed by atoms with van der Waals surface area (Å²) in [6, 6.07) is 7.34. The van der Waals surface area contributed by atoms with Gasteiger partial charge in [-0.25, -0.2) is 12.8 Å². The van der Waals surface area contributed by atoms with Crippen molar-refractivity contribution in [3.63, 3.8) is 0 Å². The highest BCUT2D eigenvalue weighted by molar-refractivity contribution is 7.91. The first-order valence-electron chi connectivity index (χ1n) is 9.53. The highest BCUT2D eigenvalue weighted by Gasteiger charge is 2.42. The summed E-state index contributed by atoms with van der Waals surface area (Å²) in [6.45, 7) is 7.95. The Balaban J connectivity index is 2.06. The van der Waals surface area contributed by atoms with E-state index in [9.17, 15) is 26.0 Å². The van der Waals surface area contributed by atoms with Crippen molar-refractivity contribution in [3.8, 4) is 0 Å². The van der Waals surface area contributed by atoms with E-state index in [1.54, 1.807) is 4.90 Å². The number of benzene rings is 2. The highest BCUT2D eigenvalue weighted by atomic mass is 32.2. The van der Waals surface area contributed by atoms with Crippen molar-refractivity contribution in [1.82, 2.24) is 4.90 Å². The monoisotopic (exact) mass is 444 g/mol. The van der Waals surface area contributed by atoms with Gasteiger partial charge >= 0.3 is 6.18 Å². The lowest BCUT2D eigenvalue weighted by atomic mass is 10.0. The van der Waals surface area contributed by atoms with Gasteiger partial charge in [-0.05, 0) is 57.2 Å². The van der Waals surface area contributed by atoms with Crippen molar-refractivity contribution >= 4 is 15.5 Å². The van der Waals surface area contributed by atoms with Crippen LogP contribution >= 0.6 is 0 Å². The van der Waals surface area contributed by atoms with Gasteiger partial charge in [-0.1, -0.05) is 6.07 Å². The molecule has 1 heterocycles. The largest absolute Gasteiger partial charge is 0.419 e. The minimum atomic E-state index is -4.87. The summed E-state index contributed by atoms with van der Waals surface area (Å²) >= 11 is 0. The third-order valence-electron chi connectivity index (χ3n) is 5.27. The van der Waals surface area contributed by atoms with Gasteiger partial charge < -0.3 is 4.90 Å². The van der Waals surface area contributed by atoms with Crippen LogP contribution in [-0.4, -0.2) is 45.0 Å². The van der Waals surface area contributed by atoms with E-state index in [4.69, 9.17) is 0 Å². The number of piperazine rings is 1. The number of sulfone groups is 1. The topological polar surface area (TPSA) is 40.6 Å². The van der Waals surface area contributed by atoms with E-state index >= 15 is 0 Å². The molecule has 0 amide bonds. The van der Waals surface area contributed by atoms with Crippen molar-refractivity contribution in [2.75, 3.05) is 31.1 Å². The summed E-state index contributed by atoms with van der Waals surface area (Å²) in [6.07, 6.45) is -4.87. The fourth-order valence-corrected chi connectivity index (χ4v) is 5.15. The molecule has 3 rings (SSSR count). The van der Waals surface area contributed by atoms with Gasteiger partial charge in [0, 0.05) is 31.7 Å². The highest BCUT2D eigenvalue weighted by Crippen LogP contribution is 2.42. The molecule has 0 saturated carbocycles. The van der Waals surface area contributed by atoms with E-state index in [2.05, 4.69) is 4.90 Å². The van der Waals surface area contributed by atoms with E-state index < -0.39 is 32.3 Å². The van der Waals surface area contributed by atoms with Crippen molar-refractivity contribution in [1.29, 1.82) is 0 Å². The average molecular weight is 444 g/mol. The molecular formula is C21H24F4N2O2S. The molecule has 0 N–H and O–H groups in total. The van der Waals surface area contributed by atoms with Crippen LogP contribution in [0.4, 0.5) is 23.2 Å². The van der Waals surface area contributed by atoms with E-state index in [-0.39, 0.29) is 16.1 Å². The van der Waals surface area contributed by atoms with E-state index in [0.717, 1.165) is 30.3 Å². The normalized spacial score (nSPS) is 16.7. The molecule has 1 aliphatic rings. The molecule has 0 spiro atoms. The van der Waals surface area contributed by atoms with Crippen LogP contribution in [0.15, 0.2) is 52.3 Å². The number of halogens is 4. The summed E-state index contributed by atoms with van der Waals surface area (Å²) in [5.74, 6) is -0.671. The smallest absolute Gasteiger partial charge is 0.368 e. The number of rotatable bonds is 3. The van der Waals surface area contributed by atoms with Crippen LogP contribution in [0.5, 0.6) is 0 Å². The standard InChI is InChI=1S/C21H24F4N2O2S/c1-20(2,3)27-13-11-26(12-14-27)17-5-4-6-18(19(17)21(23,24)25)30(28,29)16-9-7-15(22)8-10-16/h4-10H,11-14H2,1-3H3. The fraction of sp³-hybridized carbons (Fsp3) is 0.429.